The van der Waals surface area contributed by atoms with E-state index in [2.05, 4.69) is 39.3 Å². The topological polar surface area (TPSA) is 91.8 Å². The maximum Gasteiger partial charge on any atom is 0.416 e. The molecule has 3 aromatic rings. The Balaban J connectivity index is 0.00000442. The number of alkyl halides is 3. The van der Waals surface area contributed by atoms with E-state index in [4.69, 9.17) is 14.5 Å². The summed E-state index contributed by atoms with van der Waals surface area (Å²) < 4.78 is 51.3. The molecular weight excluding hydrogens is 597 g/mol. The molecule has 4 heterocycles. The van der Waals surface area contributed by atoms with Gasteiger partial charge in [0.2, 0.25) is 5.88 Å². The molecule has 2 atom stereocenters. The summed E-state index contributed by atoms with van der Waals surface area (Å²) in [5, 5.41) is 6.18. The fraction of sp³-hybridized carbons (Fsp3) is 0.452. The summed E-state index contributed by atoms with van der Waals surface area (Å²) >= 11 is 0. The highest BCUT2D eigenvalue weighted by Crippen LogP contribution is 2.34. The molecule has 0 radical (unpaired) electrons. The van der Waals surface area contributed by atoms with E-state index in [-0.39, 0.29) is 18.0 Å². The molecule has 238 valence electrons. The standard InChI is InChI=1S/C31H37F3N6O3.ClH/c1-20-22(3)39(8-7-35-20)11-14-43-30-28(40-9-12-42-13-10-40)16-24(18-37-30)27-17-26(19-36-21(27)2)38-29(41)23-5-4-6-25(15-23)31(32,33)34;/h4-6,15-20,22,35H,7-14H2,1-3H3,(H,38,41);1H. The predicted octanol–water partition coefficient (Wildman–Crippen LogP) is 5.04. The fourth-order valence-electron chi connectivity index (χ4n) is 5.36. The first-order valence-corrected chi connectivity index (χ1v) is 14.5. The minimum absolute atomic E-state index is 0. The maximum absolute atomic E-state index is 13.2. The lowest BCUT2D eigenvalue weighted by molar-refractivity contribution is -0.137. The molecule has 1 amide bonds. The van der Waals surface area contributed by atoms with Crippen molar-refractivity contribution in [1.82, 2.24) is 20.2 Å². The summed E-state index contributed by atoms with van der Waals surface area (Å²) in [5.74, 6) is -0.118. The number of nitrogens with one attached hydrogen (secondary N) is 2. The van der Waals surface area contributed by atoms with Crippen LogP contribution in [0.1, 0.15) is 35.5 Å². The molecule has 2 aromatic heterocycles. The highest BCUT2D eigenvalue weighted by molar-refractivity contribution is 6.04. The molecule has 1 aromatic carbocycles. The number of ether oxygens (including phenoxy) is 2. The number of hydrogen-bond donors (Lipinski definition) is 2. The number of aromatic nitrogens is 2. The lowest BCUT2D eigenvalue weighted by Crippen LogP contribution is -2.56. The number of anilines is 2. The van der Waals surface area contributed by atoms with Crippen LogP contribution in [0.15, 0.2) is 48.8 Å². The zero-order valence-electron chi connectivity index (χ0n) is 25.0. The number of piperazine rings is 1. The van der Waals surface area contributed by atoms with E-state index in [9.17, 15) is 18.0 Å². The second kappa shape index (κ2) is 14.6. The van der Waals surface area contributed by atoms with Gasteiger partial charge in [0.15, 0.2) is 0 Å². The molecular formula is C31H38ClF3N6O3. The van der Waals surface area contributed by atoms with Crippen LogP contribution in [0.3, 0.4) is 0 Å². The molecule has 44 heavy (non-hydrogen) atoms. The average Bonchev–Trinajstić information content (AvgIpc) is 3.00. The van der Waals surface area contributed by atoms with Crippen LogP contribution in [-0.2, 0) is 10.9 Å². The highest BCUT2D eigenvalue weighted by Gasteiger charge is 2.31. The number of nitrogens with zero attached hydrogens (tertiary/aromatic N) is 4. The van der Waals surface area contributed by atoms with Crippen LogP contribution in [0, 0.1) is 6.92 Å². The third kappa shape index (κ3) is 7.98. The number of carbonyl (C=O) groups is 1. The van der Waals surface area contributed by atoms with Crippen LogP contribution in [0.2, 0.25) is 0 Å². The Hall–Kier alpha value is -3.45. The van der Waals surface area contributed by atoms with Crippen molar-refractivity contribution in [1.29, 1.82) is 0 Å². The molecule has 0 aliphatic carbocycles. The number of rotatable bonds is 8. The van der Waals surface area contributed by atoms with Crippen molar-refractivity contribution in [2.45, 2.75) is 39.0 Å². The third-order valence-corrected chi connectivity index (χ3v) is 8.07. The Labute approximate surface area is 261 Å². The molecule has 0 spiro atoms. The van der Waals surface area contributed by atoms with Crippen molar-refractivity contribution >= 4 is 29.7 Å². The molecule has 2 aliphatic heterocycles. The molecule has 13 heteroatoms. The zero-order valence-corrected chi connectivity index (χ0v) is 25.8. The molecule has 0 saturated carbocycles. The van der Waals surface area contributed by atoms with E-state index in [1.807, 2.05) is 13.0 Å². The number of morpholine rings is 1. The molecule has 2 N–H and O–H groups in total. The molecule has 2 fully saturated rings. The second-order valence-corrected chi connectivity index (χ2v) is 10.9. The van der Waals surface area contributed by atoms with Crippen LogP contribution in [0.4, 0.5) is 24.5 Å². The van der Waals surface area contributed by atoms with E-state index >= 15 is 0 Å². The van der Waals surface area contributed by atoms with Crippen molar-refractivity contribution in [3.05, 3.63) is 65.6 Å². The number of hydrogen-bond acceptors (Lipinski definition) is 8. The summed E-state index contributed by atoms with van der Waals surface area (Å²) in [5.41, 5.74) is 2.44. The predicted molar refractivity (Wildman–Crippen MR) is 166 cm³/mol. The second-order valence-electron chi connectivity index (χ2n) is 10.9. The summed E-state index contributed by atoms with van der Waals surface area (Å²) in [6.07, 6.45) is -1.34. The molecule has 2 saturated heterocycles. The van der Waals surface area contributed by atoms with Gasteiger partial charge in [-0.3, -0.25) is 14.7 Å². The Morgan fingerprint density at radius 1 is 1.11 bits per heavy atom. The summed E-state index contributed by atoms with van der Waals surface area (Å²) in [6.45, 7) is 12.0. The number of halogens is 4. The van der Waals surface area contributed by atoms with Crippen LogP contribution in [-0.4, -0.2) is 85.4 Å². The zero-order chi connectivity index (χ0) is 30.6. The largest absolute Gasteiger partial charge is 0.475 e. The minimum Gasteiger partial charge on any atom is -0.475 e. The molecule has 0 bridgehead atoms. The minimum atomic E-state index is -4.54. The van der Waals surface area contributed by atoms with E-state index in [0.717, 1.165) is 48.6 Å². The Bertz CT molecular complexity index is 1440. The van der Waals surface area contributed by atoms with Crippen LogP contribution >= 0.6 is 12.4 Å². The van der Waals surface area contributed by atoms with Crippen LogP contribution < -0.4 is 20.3 Å². The monoisotopic (exact) mass is 634 g/mol. The highest BCUT2D eigenvalue weighted by atomic mass is 35.5. The normalized spacial score (nSPS) is 19.3. The Morgan fingerprint density at radius 2 is 1.89 bits per heavy atom. The van der Waals surface area contributed by atoms with Crippen molar-refractivity contribution in [2.24, 2.45) is 0 Å². The van der Waals surface area contributed by atoms with Crippen molar-refractivity contribution < 1.29 is 27.4 Å². The van der Waals surface area contributed by atoms with Gasteiger partial charge in [0.05, 0.1) is 30.7 Å². The molecule has 9 nitrogen and oxygen atoms in total. The lowest BCUT2D eigenvalue weighted by Gasteiger charge is -2.38. The Morgan fingerprint density at radius 3 is 2.64 bits per heavy atom. The Kier molecular flexibility index (Phi) is 11.1. The summed E-state index contributed by atoms with van der Waals surface area (Å²) in [6, 6.07) is 8.89. The van der Waals surface area contributed by atoms with Gasteiger partial charge in [0.25, 0.3) is 5.91 Å². The van der Waals surface area contributed by atoms with Gasteiger partial charge >= 0.3 is 6.18 Å². The average molecular weight is 635 g/mol. The number of aryl methyl sites for hydroxylation is 1. The number of benzene rings is 1. The van der Waals surface area contributed by atoms with E-state index in [1.165, 1.54) is 18.3 Å². The number of pyridine rings is 2. The van der Waals surface area contributed by atoms with E-state index in [0.29, 0.717) is 62.3 Å². The van der Waals surface area contributed by atoms with Gasteiger partial charge in [0.1, 0.15) is 12.3 Å². The SMILES string of the molecule is Cc1ncc(NC(=O)c2cccc(C(F)(F)F)c2)cc1-c1cnc(OCCN2CCNC(C)C2C)c(N2CCOCC2)c1.Cl. The van der Waals surface area contributed by atoms with Gasteiger partial charge in [-0.15, -0.1) is 12.4 Å². The van der Waals surface area contributed by atoms with E-state index in [1.54, 1.807) is 12.3 Å². The third-order valence-electron chi connectivity index (χ3n) is 8.07. The number of carbonyl (C=O) groups excluding carboxylic acids is 1. The van der Waals surface area contributed by atoms with Gasteiger partial charge in [-0.05, 0) is 51.1 Å². The van der Waals surface area contributed by atoms with Gasteiger partial charge in [-0.1, -0.05) is 6.07 Å². The first-order valence-electron chi connectivity index (χ1n) is 14.5. The quantitative estimate of drug-likeness (QED) is 0.356. The number of amides is 1. The first kappa shape index (κ1) is 33.4. The maximum atomic E-state index is 13.2. The van der Waals surface area contributed by atoms with Gasteiger partial charge in [-0.25, -0.2) is 4.98 Å². The van der Waals surface area contributed by atoms with Crippen LogP contribution in [0.25, 0.3) is 11.1 Å². The molecule has 2 unspecified atom stereocenters. The van der Waals surface area contributed by atoms with Crippen LogP contribution in [0.5, 0.6) is 5.88 Å². The first-order chi connectivity index (χ1) is 20.6. The van der Waals surface area contributed by atoms with E-state index < -0.39 is 17.6 Å². The van der Waals surface area contributed by atoms with Crippen molar-refractivity contribution in [3.8, 4) is 17.0 Å². The molecule has 5 rings (SSSR count). The van der Waals surface area contributed by atoms with Crippen molar-refractivity contribution in [3.63, 3.8) is 0 Å². The van der Waals surface area contributed by atoms with Gasteiger partial charge < -0.3 is 25.0 Å². The summed E-state index contributed by atoms with van der Waals surface area (Å²) in [4.78, 5) is 26.6. The molecule has 2 aliphatic rings. The summed E-state index contributed by atoms with van der Waals surface area (Å²) in [7, 11) is 0. The van der Waals surface area contributed by atoms with Crippen molar-refractivity contribution in [2.75, 3.05) is 62.8 Å². The van der Waals surface area contributed by atoms with Gasteiger partial charge in [-0.2, -0.15) is 13.2 Å². The fourth-order valence-corrected chi connectivity index (χ4v) is 5.36. The van der Waals surface area contributed by atoms with Gasteiger partial charge in [0, 0.05) is 73.4 Å². The lowest BCUT2D eigenvalue weighted by atomic mass is 10.0. The smallest absolute Gasteiger partial charge is 0.416 e.